The Balaban J connectivity index is 3.58. The number of hydrogen-bond acceptors (Lipinski definition) is 1. The fraction of sp³-hybridized carbons (Fsp3) is 0.600. The lowest BCUT2D eigenvalue weighted by molar-refractivity contribution is 0.910. The van der Waals surface area contributed by atoms with Crippen LogP contribution in [0.3, 0.4) is 0 Å². The Morgan fingerprint density at radius 1 is 1.71 bits per heavy atom. The van der Waals surface area contributed by atoms with Gasteiger partial charge in [-0.15, -0.1) is 18.0 Å². The fourth-order valence-electron chi connectivity index (χ4n) is 0.0481. The first-order valence-corrected chi connectivity index (χ1v) is 4.43. The van der Waals surface area contributed by atoms with E-state index in [1.165, 1.54) is 0 Å². The third-order valence-electron chi connectivity index (χ3n) is 0.795. The highest BCUT2D eigenvalue weighted by molar-refractivity contribution is 8.44. The molecule has 0 aromatic rings. The Bertz CT molecular complexity index is 68.5. The van der Waals surface area contributed by atoms with Gasteiger partial charge in [0.15, 0.2) is 0 Å². The second-order valence-corrected chi connectivity index (χ2v) is 3.92. The van der Waals surface area contributed by atoms with E-state index < -0.39 is 0 Å². The van der Waals surface area contributed by atoms with E-state index in [0.717, 1.165) is 0 Å². The molecular weight excluding hydrogens is 123 g/mol. The molecule has 0 aliphatic carbocycles. The summed E-state index contributed by atoms with van der Waals surface area (Å²) in [5, 5.41) is 0. The Morgan fingerprint density at radius 2 is 2.14 bits per heavy atom. The summed E-state index contributed by atoms with van der Waals surface area (Å²) in [4.78, 5) is 0. The van der Waals surface area contributed by atoms with Crippen LogP contribution in [-0.2, 0) is 0 Å². The fourth-order valence-corrected chi connectivity index (χ4v) is 0.433. The first kappa shape index (κ1) is 7.52. The molecule has 7 heavy (non-hydrogen) atoms. The van der Waals surface area contributed by atoms with Gasteiger partial charge in [-0.3, -0.25) is 0 Å². The molecule has 0 aromatic carbocycles. The summed E-state index contributed by atoms with van der Waals surface area (Å²) in [6, 6.07) is 0. The van der Waals surface area contributed by atoms with E-state index in [1.54, 1.807) is 11.4 Å². The summed E-state index contributed by atoms with van der Waals surface area (Å²) in [5.74, 6) is 0. The monoisotopic (exact) mass is 134 g/mol. The summed E-state index contributed by atoms with van der Waals surface area (Å²) in [5.41, 5.74) is 0. The molecule has 0 N–H and O–H groups in total. The molecule has 1 unspecified atom stereocenters. The molecule has 0 amide bonds. The topological polar surface area (TPSA) is 0 Å². The van der Waals surface area contributed by atoms with Crippen LogP contribution in [0.5, 0.6) is 0 Å². The standard InChI is InChI=1S/C5H11PS/c1-4-5(2,3)7-6/h4H,1,6H2,2-3H3. The molecule has 2 heteroatoms. The van der Waals surface area contributed by atoms with Gasteiger partial charge in [0.1, 0.15) is 0 Å². The number of hydrogen-bond donors (Lipinski definition) is 0. The van der Waals surface area contributed by atoms with Gasteiger partial charge >= 0.3 is 0 Å². The van der Waals surface area contributed by atoms with Gasteiger partial charge in [0.25, 0.3) is 0 Å². The molecule has 0 aliphatic heterocycles. The Hall–Kier alpha value is 0.520. The van der Waals surface area contributed by atoms with Crippen molar-refractivity contribution in [3.8, 4) is 0 Å². The normalized spacial score (nSPS) is 11.3. The highest BCUT2D eigenvalue weighted by atomic mass is 32.7. The van der Waals surface area contributed by atoms with Crippen LogP contribution in [0.1, 0.15) is 13.8 Å². The minimum Gasteiger partial charge on any atom is -0.131 e. The average Bonchev–Trinajstić information content (AvgIpc) is 1.68. The van der Waals surface area contributed by atoms with E-state index in [1.807, 2.05) is 6.08 Å². The minimum absolute atomic E-state index is 0.227. The zero-order valence-corrected chi connectivity index (χ0v) is 6.74. The van der Waals surface area contributed by atoms with Gasteiger partial charge in [-0.1, -0.05) is 14.5 Å². The van der Waals surface area contributed by atoms with Crippen molar-refractivity contribution in [1.29, 1.82) is 0 Å². The lowest BCUT2D eigenvalue weighted by Gasteiger charge is -2.13. The van der Waals surface area contributed by atoms with Crippen LogP contribution in [0.4, 0.5) is 0 Å². The summed E-state index contributed by atoms with van der Waals surface area (Å²) in [7, 11) is 2.61. The molecule has 1 atom stereocenters. The van der Waals surface area contributed by atoms with Crippen molar-refractivity contribution in [3.63, 3.8) is 0 Å². The molecule has 0 nitrogen and oxygen atoms in total. The molecule has 0 bridgehead atoms. The lowest BCUT2D eigenvalue weighted by atomic mass is 10.2. The molecule has 0 aromatic heterocycles. The van der Waals surface area contributed by atoms with Gasteiger partial charge in [0, 0.05) is 4.75 Å². The van der Waals surface area contributed by atoms with Crippen molar-refractivity contribution >= 4 is 19.8 Å². The van der Waals surface area contributed by atoms with E-state index >= 15 is 0 Å². The maximum absolute atomic E-state index is 3.67. The Morgan fingerprint density at radius 3 is 2.14 bits per heavy atom. The van der Waals surface area contributed by atoms with E-state index in [9.17, 15) is 0 Å². The largest absolute Gasteiger partial charge is 0.131 e. The van der Waals surface area contributed by atoms with Crippen LogP contribution in [0.25, 0.3) is 0 Å². The Kier molecular flexibility index (Phi) is 2.94. The predicted octanol–water partition coefficient (Wildman–Crippen LogP) is 2.47. The third-order valence-corrected chi connectivity index (χ3v) is 3.39. The number of rotatable bonds is 2. The summed E-state index contributed by atoms with van der Waals surface area (Å²) in [6.07, 6.45) is 1.94. The Labute approximate surface area is 51.7 Å². The summed E-state index contributed by atoms with van der Waals surface area (Å²) in [6.45, 7) is 7.91. The molecular formula is C5H11PS. The molecule has 0 fully saturated rings. The van der Waals surface area contributed by atoms with E-state index in [4.69, 9.17) is 0 Å². The highest BCUT2D eigenvalue weighted by Gasteiger charge is 2.07. The van der Waals surface area contributed by atoms with Gasteiger partial charge in [-0.2, -0.15) is 0 Å². The SMILES string of the molecule is C=CC(C)(C)SP. The van der Waals surface area contributed by atoms with E-state index in [2.05, 4.69) is 28.9 Å². The molecule has 42 valence electrons. The van der Waals surface area contributed by atoms with Gasteiger partial charge in [-0.25, -0.2) is 0 Å². The van der Waals surface area contributed by atoms with Crippen molar-refractivity contribution < 1.29 is 0 Å². The highest BCUT2D eigenvalue weighted by Crippen LogP contribution is 2.30. The average molecular weight is 134 g/mol. The van der Waals surface area contributed by atoms with Crippen LogP contribution in [0.15, 0.2) is 12.7 Å². The lowest BCUT2D eigenvalue weighted by Crippen LogP contribution is -2.05. The van der Waals surface area contributed by atoms with Gasteiger partial charge in [-0.05, 0) is 13.8 Å². The van der Waals surface area contributed by atoms with Gasteiger partial charge in [0.2, 0.25) is 0 Å². The van der Waals surface area contributed by atoms with Crippen molar-refractivity contribution in [1.82, 2.24) is 0 Å². The van der Waals surface area contributed by atoms with E-state index in [-0.39, 0.29) is 4.75 Å². The van der Waals surface area contributed by atoms with Crippen molar-refractivity contribution in [3.05, 3.63) is 12.7 Å². The van der Waals surface area contributed by atoms with Crippen molar-refractivity contribution in [2.75, 3.05) is 0 Å². The molecule has 0 radical (unpaired) electrons. The van der Waals surface area contributed by atoms with Crippen LogP contribution in [-0.4, -0.2) is 4.75 Å². The molecule has 0 heterocycles. The zero-order chi connectivity index (χ0) is 5.91. The third kappa shape index (κ3) is 3.13. The zero-order valence-electron chi connectivity index (χ0n) is 4.77. The van der Waals surface area contributed by atoms with Crippen LogP contribution in [0, 0.1) is 0 Å². The van der Waals surface area contributed by atoms with Crippen molar-refractivity contribution in [2.24, 2.45) is 0 Å². The van der Waals surface area contributed by atoms with Gasteiger partial charge in [0.05, 0.1) is 0 Å². The maximum atomic E-state index is 3.67. The molecule has 0 saturated heterocycles. The van der Waals surface area contributed by atoms with Crippen LogP contribution < -0.4 is 0 Å². The van der Waals surface area contributed by atoms with Crippen LogP contribution >= 0.6 is 19.8 Å². The molecule has 0 aliphatic rings. The maximum Gasteiger partial charge on any atom is 0.0316 e. The predicted molar refractivity (Wildman–Crippen MR) is 41.6 cm³/mol. The quantitative estimate of drug-likeness (QED) is 0.413. The summed E-state index contributed by atoms with van der Waals surface area (Å²) < 4.78 is 0.227. The first-order valence-electron chi connectivity index (χ1n) is 2.14. The minimum atomic E-state index is 0.227. The second-order valence-electron chi connectivity index (χ2n) is 1.93. The first-order chi connectivity index (χ1) is 3.12. The van der Waals surface area contributed by atoms with Gasteiger partial charge < -0.3 is 0 Å². The molecule has 0 rings (SSSR count). The molecule has 0 saturated carbocycles. The van der Waals surface area contributed by atoms with E-state index in [0.29, 0.717) is 0 Å². The summed E-state index contributed by atoms with van der Waals surface area (Å²) >= 11 is 1.73. The van der Waals surface area contributed by atoms with Crippen molar-refractivity contribution in [2.45, 2.75) is 18.6 Å². The molecule has 0 spiro atoms. The second kappa shape index (κ2) is 2.74. The smallest absolute Gasteiger partial charge is 0.0316 e. The van der Waals surface area contributed by atoms with Crippen LogP contribution in [0.2, 0.25) is 0 Å².